The molecule has 0 aromatic carbocycles. The van der Waals surface area contributed by atoms with Crippen molar-refractivity contribution in [3.05, 3.63) is 29.6 Å². The van der Waals surface area contributed by atoms with Gasteiger partial charge in [0.25, 0.3) is 0 Å². The van der Waals surface area contributed by atoms with Crippen LogP contribution in [0.25, 0.3) is 0 Å². The maximum absolute atomic E-state index is 4.35. The highest BCUT2D eigenvalue weighted by Gasteiger charge is 2.31. The van der Waals surface area contributed by atoms with Crippen LogP contribution in [0.15, 0.2) is 18.5 Å². The first-order valence-corrected chi connectivity index (χ1v) is 7.90. The van der Waals surface area contributed by atoms with Crippen LogP contribution in [0.5, 0.6) is 0 Å². The van der Waals surface area contributed by atoms with Crippen molar-refractivity contribution in [3.8, 4) is 0 Å². The second kappa shape index (κ2) is 7.04. The van der Waals surface area contributed by atoms with Gasteiger partial charge in [-0.3, -0.25) is 4.98 Å². The molecule has 0 aliphatic heterocycles. The molecule has 1 aromatic rings. The van der Waals surface area contributed by atoms with Crippen LogP contribution in [0.1, 0.15) is 63.1 Å². The lowest BCUT2D eigenvalue weighted by molar-refractivity contribution is 0.352. The molecule has 1 saturated carbocycles. The minimum Gasteiger partial charge on any atom is -0.310 e. The van der Waals surface area contributed by atoms with Crippen molar-refractivity contribution in [1.29, 1.82) is 0 Å². The van der Waals surface area contributed by atoms with E-state index in [1.807, 2.05) is 6.20 Å². The summed E-state index contributed by atoms with van der Waals surface area (Å²) in [5.74, 6) is 1.73. The highest BCUT2D eigenvalue weighted by molar-refractivity contribution is 5.26. The fourth-order valence-corrected chi connectivity index (χ4v) is 3.42. The molecular weight excluding hydrogens is 232 g/mol. The third-order valence-corrected chi connectivity index (χ3v) is 4.66. The Morgan fingerprint density at radius 2 is 2.21 bits per heavy atom. The summed E-state index contributed by atoms with van der Waals surface area (Å²) in [6.07, 6.45) is 10.7. The minimum atomic E-state index is 0.505. The molecule has 0 spiro atoms. The van der Waals surface area contributed by atoms with Gasteiger partial charge in [-0.05, 0) is 61.8 Å². The van der Waals surface area contributed by atoms with Gasteiger partial charge in [-0.2, -0.15) is 0 Å². The van der Waals surface area contributed by atoms with E-state index in [9.17, 15) is 0 Å². The topological polar surface area (TPSA) is 24.9 Å². The zero-order valence-corrected chi connectivity index (χ0v) is 12.7. The van der Waals surface area contributed by atoms with Crippen LogP contribution in [0.3, 0.4) is 0 Å². The third kappa shape index (κ3) is 3.56. The summed E-state index contributed by atoms with van der Waals surface area (Å²) in [5.41, 5.74) is 2.79. The monoisotopic (exact) mass is 260 g/mol. The van der Waals surface area contributed by atoms with Crippen LogP contribution < -0.4 is 5.32 Å². The normalized spacial score (nSPS) is 24.6. The van der Waals surface area contributed by atoms with E-state index < -0.39 is 0 Å². The van der Waals surface area contributed by atoms with Gasteiger partial charge in [-0.25, -0.2) is 0 Å². The lowest BCUT2D eigenvalue weighted by atomic mass is 9.89. The van der Waals surface area contributed by atoms with Gasteiger partial charge in [0.2, 0.25) is 0 Å². The smallest absolute Gasteiger partial charge is 0.0366 e. The Morgan fingerprint density at radius 3 is 2.84 bits per heavy atom. The second-order valence-corrected chi connectivity index (χ2v) is 6.01. The van der Waals surface area contributed by atoms with E-state index in [1.165, 1.54) is 43.2 Å². The van der Waals surface area contributed by atoms with Gasteiger partial charge in [0.15, 0.2) is 0 Å². The lowest BCUT2D eigenvalue weighted by Gasteiger charge is -2.26. The summed E-state index contributed by atoms with van der Waals surface area (Å²) in [6.45, 7) is 7.89. The molecule has 1 aliphatic rings. The Kier molecular flexibility index (Phi) is 5.38. The first-order valence-electron chi connectivity index (χ1n) is 7.90. The molecule has 106 valence electrons. The van der Waals surface area contributed by atoms with Crippen molar-refractivity contribution in [3.63, 3.8) is 0 Å². The number of aryl methyl sites for hydroxylation is 1. The molecule has 1 aromatic heterocycles. The van der Waals surface area contributed by atoms with Crippen LogP contribution in [0, 0.1) is 18.8 Å². The van der Waals surface area contributed by atoms with Crippen molar-refractivity contribution in [2.45, 2.75) is 58.9 Å². The molecule has 1 fully saturated rings. The van der Waals surface area contributed by atoms with Crippen molar-refractivity contribution >= 4 is 0 Å². The van der Waals surface area contributed by atoms with E-state index in [2.05, 4.69) is 43.3 Å². The molecule has 0 amide bonds. The second-order valence-electron chi connectivity index (χ2n) is 6.01. The Labute approximate surface area is 118 Å². The molecule has 0 bridgehead atoms. The zero-order valence-electron chi connectivity index (χ0n) is 12.7. The lowest BCUT2D eigenvalue weighted by Crippen LogP contribution is -2.28. The standard InChI is InChI=1S/C17H28N2/c1-4-9-19-17(15-7-6-14(5-2)11-15)16-12-18-10-8-13(16)3/h8,10,12,14-15,17,19H,4-7,9,11H2,1-3H3. The third-order valence-electron chi connectivity index (χ3n) is 4.66. The number of aromatic nitrogens is 1. The highest BCUT2D eigenvalue weighted by Crippen LogP contribution is 2.40. The Bertz CT molecular complexity index is 389. The SMILES string of the molecule is CCCNC(c1cnccc1C)C1CCC(CC)C1. The quantitative estimate of drug-likeness (QED) is 0.826. The number of hydrogen-bond donors (Lipinski definition) is 1. The number of hydrogen-bond acceptors (Lipinski definition) is 2. The average Bonchev–Trinajstić information content (AvgIpc) is 2.90. The van der Waals surface area contributed by atoms with Crippen LogP contribution in [0.2, 0.25) is 0 Å². The van der Waals surface area contributed by atoms with Gasteiger partial charge in [0, 0.05) is 18.4 Å². The van der Waals surface area contributed by atoms with Gasteiger partial charge in [0.1, 0.15) is 0 Å². The van der Waals surface area contributed by atoms with E-state index in [-0.39, 0.29) is 0 Å². The molecule has 1 N–H and O–H groups in total. The van der Waals surface area contributed by atoms with Crippen LogP contribution in [-0.4, -0.2) is 11.5 Å². The first-order chi connectivity index (χ1) is 9.26. The Balaban J connectivity index is 2.14. The molecule has 3 atom stereocenters. The van der Waals surface area contributed by atoms with E-state index in [4.69, 9.17) is 0 Å². The molecule has 2 heteroatoms. The summed E-state index contributed by atoms with van der Waals surface area (Å²) in [5, 5.41) is 3.77. The average molecular weight is 260 g/mol. The van der Waals surface area contributed by atoms with Crippen LogP contribution >= 0.6 is 0 Å². The van der Waals surface area contributed by atoms with Crippen molar-refractivity contribution in [2.24, 2.45) is 11.8 Å². The van der Waals surface area contributed by atoms with Crippen LogP contribution in [-0.2, 0) is 0 Å². The van der Waals surface area contributed by atoms with E-state index in [0.717, 1.165) is 18.4 Å². The Hall–Kier alpha value is -0.890. The number of pyridine rings is 1. The maximum Gasteiger partial charge on any atom is 0.0366 e. The molecule has 1 aliphatic carbocycles. The predicted octanol–water partition coefficient (Wildman–Crippen LogP) is 4.26. The number of nitrogens with zero attached hydrogens (tertiary/aromatic N) is 1. The van der Waals surface area contributed by atoms with E-state index in [0.29, 0.717) is 6.04 Å². The fraction of sp³-hybridized carbons (Fsp3) is 0.706. The molecule has 0 radical (unpaired) electrons. The maximum atomic E-state index is 4.35. The highest BCUT2D eigenvalue weighted by atomic mass is 14.9. The summed E-state index contributed by atoms with van der Waals surface area (Å²) >= 11 is 0. The number of nitrogens with one attached hydrogen (secondary N) is 1. The molecule has 1 heterocycles. The molecule has 2 nitrogen and oxygen atoms in total. The number of rotatable bonds is 6. The van der Waals surface area contributed by atoms with Crippen LogP contribution in [0.4, 0.5) is 0 Å². The molecule has 19 heavy (non-hydrogen) atoms. The van der Waals surface area contributed by atoms with Crippen molar-refractivity contribution in [2.75, 3.05) is 6.54 Å². The molecule has 0 saturated heterocycles. The summed E-state index contributed by atoms with van der Waals surface area (Å²) < 4.78 is 0. The van der Waals surface area contributed by atoms with Crippen molar-refractivity contribution < 1.29 is 0 Å². The molecule has 3 unspecified atom stereocenters. The molecular formula is C17H28N2. The van der Waals surface area contributed by atoms with Gasteiger partial charge >= 0.3 is 0 Å². The summed E-state index contributed by atoms with van der Waals surface area (Å²) in [6, 6.07) is 2.65. The van der Waals surface area contributed by atoms with Crippen molar-refractivity contribution in [1.82, 2.24) is 10.3 Å². The van der Waals surface area contributed by atoms with Gasteiger partial charge in [-0.15, -0.1) is 0 Å². The fourth-order valence-electron chi connectivity index (χ4n) is 3.42. The largest absolute Gasteiger partial charge is 0.310 e. The van der Waals surface area contributed by atoms with Gasteiger partial charge in [-0.1, -0.05) is 26.7 Å². The summed E-state index contributed by atoms with van der Waals surface area (Å²) in [4.78, 5) is 4.35. The molecule has 2 rings (SSSR count). The van der Waals surface area contributed by atoms with E-state index >= 15 is 0 Å². The first kappa shape index (κ1) is 14.5. The predicted molar refractivity (Wildman–Crippen MR) is 81.1 cm³/mol. The minimum absolute atomic E-state index is 0.505. The summed E-state index contributed by atoms with van der Waals surface area (Å²) in [7, 11) is 0. The van der Waals surface area contributed by atoms with E-state index in [1.54, 1.807) is 0 Å². The van der Waals surface area contributed by atoms with Gasteiger partial charge in [0.05, 0.1) is 0 Å². The van der Waals surface area contributed by atoms with Gasteiger partial charge < -0.3 is 5.32 Å². The Morgan fingerprint density at radius 1 is 1.37 bits per heavy atom. The zero-order chi connectivity index (χ0) is 13.7.